The second-order valence-electron chi connectivity index (χ2n) is 7.20. The van der Waals surface area contributed by atoms with Crippen LogP contribution >= 0.6 is 0 Å². The Hall–Kier alpha value is -2.63. The summed E-state index contributed by atoms with van der Waals surface area (Å²) in [5.41, 5.74) is 1.63. The lowest BCUT2D eigenvalue weighted by molar-refractivity contribution is 0.133. The summed E-state index contributed by atoms with van der Waals surface area (Å²) >= 11 is 0. The Morgan fingerprint density at radius 1 is 1.21 bits per heavy atom. The largest absolute Gasteiger partial charge is 0.497 e. The van der Waals surface area contributed by atoms with Gasteiger partial charge in [0.05, 0.1) is 18.9 Å². The number of aliphatic hydroxyl groups is 1. The van der Waals surface area contributed by atoms with Gasteiger partial charge in [0.1, 0.15) is 11.9 Å². The molecule has 0 radical (unpaired) electrons. The van der Waals surface area contributed by atoms with E-state index in [0.29, 0.717) is 11.3 Å². The molecule has 29 heavy (non-hydrogen) atoms. The molecule has 0 spiro atoms. The van der Waals surface area contributed by atoms with E-state index in [1.807, 2.05) is 31.2 Å². The first kappa shape index (κ1) is 26.4. The van der Waals surface area contributed by atoms with Crippen molar-refractivity contribution in [1.29, 1.82) is 0 Å². The fraction of sp³-hybridized carbons (Fsp3) is 0.375. The Morgan fingerprint density at radius 2 is 1.86 bits per heavy atom. The van der Waals surface area contributed by atoms with Crippen LogP contribution < -0.4 is 10.4 Å². The fourth-order valence-electron chi connectivity index (χ4n) is 2.32. The molecule has 160 valence electrons. The van der Waals surface area contributed by atoms with Gasteiger partial charge in [-0.3, -0.25) is 0 Å². The molecule has 5 nitrogen and oxygen atoms in total. The summed E-state index contributed by atoms with van der Waals surface area (Å²) in [4.78, 5) is 12.6. The maximum Gasteiger partial charge on any atom is 0.341 e. The monoisotopic (exact) mass is 402 g/mol. The van der Waals surface area contributed by atoms with Crippen molar-refractivity contribution in [2.45, 2.75) is 33.8 Å². The molecule has 0 fully saturated rings. The van der Waals surface area contributed by atoms with Gasteiger partial charge in [-0.15, -0.1) is 0 Å². The van der Waals surface area contributed by atoms with Crippen LogP contribution in [0.5, 0.6) is 5.75 Å². The summed E-state index contributed by atoms with van der Waals surface area (Å²) < 4.78 is 16.1. The zero-order valence-corrected chi connectivity index (χ0v) is 18.6. The molecule has 0 saturated heterocycles. The third-order valence-electron chi connectivity index (χ3n) is 3.72. The van der Waals surface area contributed by atoms with Crippen molar-refractivity contribution in [3.8, 4) is 5.75 Å². The molecule has 0 aliphatic carbocycles. The number of hydrogen-bond acceptors (Lipinski definition) is 5. The number of rotatable bonds is 6. The maximum atomic E-state index is 12.6. The van der Waals surface area contributed by atoms with Crippen molar-refractivity contribution in [3.05, 3.63) is 88.5 Å². The molecule has 1 aromatic heterocycles. The highest BCUT2D eigenvalue weighted by atomic mass is 16.5. The third kappa shape index (κ3) is 9.92. The van der Waals surface area contributed by atoms with Crippen molar-refractivity contribution in [2.24, 2.45) is 5.41 Å². The highest BCUT2D eigenvalue weighted by molar-refractivity contribution is 5.33. The molecule has 5 heteroatoms. The Morgan fingerprint density at radius 3 is 2.38 bits per heavy atom. The molecule has 1 atom stereocenters. The topological polar surface area (TPSA) is 68.9 Å². The number of allylic oxidation sites excluding steroid dienone is 3. The van der Waals surface area contributed by atoms with Crippen molar-refractivity contribution in [3.63, 3.8) is 0 Å². The van der Waals surface area contributed by atoms with Crippen LogP contribution in [0.2, 0.25) is 0 Å². The molecule has 1 unspecified atom stereocenters. The van der Waals surface area contributed by atoms with Crippen LogP contribution in [0.4, 0.5) is 0 Å². The Balaban J connectivity index is 0.00000379. The van der Waals surface area contributed by atoms with E-state index < -0.39 is 11.7 Å². The van der Waals surface area contributed by atoms with Gasteiger partial charge in [-0.25, -0.2) is 4.79 Å². The van der Waals surface area contributed by atoms with E-state index in [1.54, 1.807) is 32.4 Å². The molecule has 0 saturated carbocycles. The third-order valence-corrected chi connectivity index (χ3v) is 3.72. The summed E-state index contributed by atoms with van der Waals surface area (Å²) in [6, 6.07) is 6.98. The molecule has 0 bridgehead atoms. The Bertz CT molecular complexity index is 809. The van der Waals surface area contributed by atoms with Crippen LogP contribution in [0.15, 0.2) is 76.2 Å². The number of hydrogen-bond donors (Lipinski definition) is 1. The lowest BCUT2D eigenvalue weighted by Gasteiger charge is -2.15. The summed E-state index contributed by atoms with van der Waals surface area (Å²) in [5.74, 6) is 0.593. The summed E-state index contributed by atoms with van der Waals surface area (Å²) in [7, 11) is 4.11. The molecule has 1 aromatic rings. The zero-order chi connectivity index (χ0) is 22.4. The minimum Gasteiger partial charge on any atom is -0.497 e. The second kappa shape index (κ2) is 13.5. The predicted molar refractivity (Wildman–Crippen MR) is 119 cm³/mol. The minimum absolute atomic E-state index is 0.0516. The van der Waals surface area contributed by atoms with Gasteiger partial charge in [0.2, 0.25) is 0 Å². The van der Waals surface area contributed by atoms with Gasteiger partial charge in [-0.05, 0) is 35.6 Å². The van der Waals surface area contributed by atoms with Crippen LogP contribution in [0, 0.1) is 12.3 Å². The molecule has 0 aromatic carbocycles. The summed E-state index contributed by atoms with van der Waals surface area (Å²) in [6.07, 6.45) is 8.32. The van der Waals surface area contributed by atoms with Gasteiger partial charge >= 0.3 is 5.63 Å². The lowest BCUT2D eigenvalue weighted by Crippen LogP contribution is -2.14. The SMILES string of the molecule is C=C/C(=C\C=C\C(C)(C)C)C(OC)c1ccc(C)cc(OC)ccoc1=O.CO. The van der Waals surface area contributed by atoms with Gasteiger partial charge in [-0.1, -0.05) is 57.7 Å². The quantitative estimate of drug-likeness (QED) is 0.671. The predicted octanol–water partition coefficient (Wildman–Crippen LogP) is 5.09. The number of ether oxygens (including phenoxy) is 2. The van der Waals surface area contributed by atoms with E-state index in [0.717, 1.165) is 18.2 Å². The zero-order valence-electron chi connectivity index (χ0n) is 18.6. The minimum atomic E-state index is -0.595. The number of methoxy groups -OCH3 is 2. The second-order valence-corrected chi connectivity index (χ2v) is 7.20. The highest BCUT2D eigenvalue weighted by Crippen LogP contribution is 2.24. The van der Waals surface area contributed by atoms with Gasteiger partial charge in [-0.2, -0.15) is 0 Å². The molecule has 1 rings (SSSR count). The first-order valence-electron chi connectivity index (χ1n) is 9.23. The van der Waals surface area contributed by atoms with Gasteiger partial charge < -0.3 is 19.0 Å². The van der Waals surface area contributed by atoms with Gasteiger partial charge in [0, 0.05) is 20.3 Å². The standard InChI is InChI=1S/C23H30O4.CH4O/c1-8-18(10-9-14-23(3,4)5)21(26-7)20-12-11-17(2)16-19(25-6)13-15-27-22(20)24;1-2/h8-16,21H,1H2,2-7H3;2H,1H3/b14-9+,15-13?,17-11?,18-10+,19-16?,20-12?;. The molecule has 0 aliphatic rings. The first-order valence-corrected chi connectivity index (χ1v) is 9.23. The lowest BCUT2D eigenvalue weighted by atomic mass is 9.95. The van der Waals surface area contributed by atoms with Crippen LogP contribution in [0.3, 0.4) is 0 Å². The van der Waals surface area contributed by atoms with Crippen LogP contribution in [-0.4, -0.2) is 26.4 Å². The molecule has 1 N–H and O–H groups in total. The molecule has 0 amide bonds. The summed E-state index contributed by atoms with van der Waals surface area (Å²) in [6.45, 7) is 12.1. The van der Waals surface area contributed by atoms with Gasteiger partial charge in [0.25, 0.3) is 0 Å². The number of aryl methyl sites for hydroxylation is 1. The van der Waals surface area contributed by atoms with Crippen molar-refractivity contribution in [2.75, 3.05) is 21.3 Å². The van der Waals surface area contributed by atoms with Crippen LogP contribution in [0.25, 0.3) is 0 Å². The Labute approximate surface area is 174 Å². The van der Waals surface area contributed by atoms with E-state index in [-0.39, 0.29) is 5.41 Å². The number of aliphatic hydroxyl groups excluding tert-OH is 1. The van der Waals surface area contributed by atoms with E-state index in [2.05, 4.69) is 33.4 Å². The van der Waals surface area contributed by atoms with Crippen molar-refractivity contribution in [1.82, 2.24) is 0 Å². The maximum absolute atomic E-state index is 12.6. The van der Waals surface area contributed by atoms with E-state index >= 15 is 0 Å². The molecule has 0 aliphatic heterocycles. The first-order chi connectivity index (χ1) is 13.7. The molecule has 1 heterocycles. The normalized spacial score (nSPS) is 12.5. The average Bonchev–Trinajstić information content (AvgIpc) is 2.68. The van der Waals surface area contributed by atoms with E-state index in [4.69, 9.17) is 19.0 Å². The van der Waals surface area contributed by atoms with E-state index in [9.17, 15) is 4.79 Å². The molecular weight excluding hydrogens is 368 g/mol. The van der Waals surface area contributed by atoms with Crippen LogP contribution in [-0.2, 0) is 4.74 Å². The van der Waals surface area contributed by atoms with Crippen molar-refractivity contribution < 1.29 is 19.0 Å². The van der Waals surface area contributed by atoms with E-state index in [1.165, 1.54) is 6.26 Å². The fourth-order valence-corrected chi connectivity index (χ4v) is 2.32. The molecular formula is C24H34O5. The van der Waals surface area contributed by atoms with Gasteiger partial charge in [0.15, 0.2) is 0 Å². The highest BCUT2D eigenvalue weighted by Gasteiger charge is 2.17. The van der Waals surface area contributed by atoms with Crippen molar-refractivity contribution >= 4 is 0 Å². The Kier molecular flexibility index (Phi) is 12.3. The summed E-state index contributed by atoms with van der Waals surface area (Å²) in [5, 5.41) is 7.00. The average molecular weight is 403 g/mol. The smallest absolute Gasteiger partial charge is 0.341 e. The van der Waals surface area contributed by atoms with Crippen LogP contribution in [0.1, 0.15) is 38.0 Å².